The van der Waals surface area contributed by atoms with E-state index in [9.17, 15) is 13.2 Å². The average Bonchev–Trinajstić information content (AvgIpc) is 2.02. The van der Waals surface area contributed by atoms with Gasteiger partial charge in [-0.05, 0) is 5.56 Å². The van der Waals surface area contributed by atoms with Crippen LogP contribution in [0.25, 0.3) is 0 Å². The molecule has 1 amide bonds. The molecule has 1 aromatic carbocycles. The van der Waals surface area contributed by atoms with Gasteiger partial charge in [-0.1, -0.05) is 30.3 Å². The van der Waals surface area contributed by atoms with Gasteiger partial charge in [0.15, 0.2) is 5.25 Å². The Balaban J connectivity index is 3.22. The topological polar surface area (TPSA) is 97.5 Å². The number of primary amides is 1. The zero-order chi connectivity index (χ0) is 10.8. The van der Waals surface area contributed by atoms with E-state index >= 15 is 0 Å². The van der Waals surface area contributed by atoms with E-state index in [0.29, 0.717) is 0 Å². The first kappa shape index (κ1) is 10.7. The van der Waals surface area contributed by atoms with Crippen LogP contribution in [-0.2, 0) is 14.9 Å². The van der Waals surface area contributed by atoms with Crippen molar-refractivity contribution in [3.63, 3.8) is 0 Å². The highest BCUT2D eigenvalue weighted by Gasteiger charge is 2.30. The first-order valence-corrected chi connectivity index (χ1v) is 5.24. The van der Waals surface area contributed by atoms with Crippen LogP contribution in [0.2, 0.25) is 0 Å². The minimum Gasteiger partial charge on any atom is -0.368 e. The highest BCUT2D eigenvalue weighted by molar-refractivity contribution is 7.86. The lowest BCUT2D eigenvalue weighted by Crippen LogP contribution is -2.27. The summed E-state index contributed by atoms with van der Waals surface area (Å²) in [6.45, 7) is 0. The van der Waals surface area contributed by atoms with Gasteiger partial charge in [0, 0.05) is 0 Å². The van der Waals surface area contributed by atoms with Gasteiger partial charge < -0.3 is 5.73 Å². The van der Waals surface area contributed by atoms with Crippen molar-refractivity contribution in [1.29, 1.82) is 0 Å². The lowest BCUT2D eigenvalue weighted by atomic mass is 10.1. The Morgan fingerprint density at radius 1 is 1.29 bits per heavy atom. The zero-order valence-electron chi connectivity index (χ0n) is 7.12. The summed E-state index contributed by atoms with van der Waals surface area (Å²) in [6.07, 6.45) is 0. The van der Waals surface area contributed by atoms with Crippen LogP contribution in [0.15, 0.2) is 30.3 Å². The monoisotopic (exact) mass is 215 g/mol. The van der Waals surface area contributed by atoms with Crippen LogP contribution in [0.5, 0.6) is 0 Å². The molecule has 76 valence electrons. The van der Waals surface area contributed by atoms with Crippen LogP contribution in [-0.4, -0.2) is 18.9 Å². The third-order valence-electron chi connectivity index (χ3n) is 1.66. The molecule has 6 heteroatoms. The molecule has 3 N–H and O–H groups in total. The van der Waals surface area contributed by atoms with Gasteiger partial charge in [-0.3, -0.25) is 9.35 Å². The minimum atomic E-state index is -4.49. The predicted octanol–water partition coefficient (Wildman–Crippen LogP) is 0.101. The molecular weight excluding hydrogens is 206 g/mol. The molecule has 1 unspecified atom stereocenters. The Hall–Kier alpha value is -1.40. The minimum absolute atomic E-state index is 0.155. The summed E-state index contributed by atoms with van der Waals surface area (Å²) in [5.41, 5.74) is 5.03. The standard InChI is InChI=1S/C8H9NO4S/c9-8(10)7(14(11,12)13)6-4-2-1-3-5-6/h1-5,7H,(H2,9,10)(H,11,12,13). The summed E-state index contributed by atoms with van der Waals surface area (Å²) in [5.74, 6) is -1.10. The maximum Gasteiger partial charge on any atom is 0.281 e. The second-order valence-electron chi connectivity index (χ2n) is 2.71. The Morgan fingerprint density at radius 2 is 1.79 bits per heavy atom. The highest BCUT2D eigenvalue weighted by Crippen LogP contribution is 2.20. The number of carbonyl (C=O) groups excluding carboxylic acids is 1. The second kappa shape index (κ2) is 3.77. The van der Waals surface area contributed by atoms with Crippen LogP contribution in [0, 0.1) is 0 Å². The average molecular weight is 215 g/mol. The van der Waals surface area contributed by atoms with Gasteiger partial charge in [0.2, 0.25) is 5.91 Å². The van der Waals surface area contributed by atoms with Crippen molar-refractivity contribution in [2.75, 3.05) is 0 Å². The van der Waals surface area contributed by atoms with Crippen LogP contribution >= 0.6 is 0 Å². The molecule has 0 aliphatic heterocycles. The van der Waals surface area contributed by atoms with Crippen molar-refractivity contribution in [2.24, 2.45) is 5.73 Å². The highest BCUT2D eigenvalue weighted by atomic mass is 32.2. The van der Waals surface area contributed by atoms with E-state index in [1.807, 2.05) is 0 Å². The predicted molar refractivity (Wildman–Crippen MR) is 49.9 cm³/mol. The number of amides is 1. The van der Waals surface area contributed by atoms with E-state index in [1.54, 1.807) is 18.2 Å². The van der Waals surface area contributed by atoms with E-state index in [0.717, 1.165) is 0 Å². The van der Waals surface area contributed by atoms with E-state index in [4.69, 9.17) is 10.3 Å². The molecule has 0 fully saturated rings. The molecule has 0 radical (unpaired) electrons. The summed E-state index contributed by atoms with van der Waals surface area (Å²) in [5, 5.41) is -1.69. The molecular formula is C8H9NO4S. The van der Waals surface area contributed by atoms with Gasteiger partial charge >= 0.3 is 0 Å². The lowest BCUT2D eigenvalue weighted by Gasteiger charge is -2.09. The molecule has 0 aliphatic carbocycles. The zero-order valence-corrected chi connectivity index (χ0v) is 7.94. The normalized spacial score (nSPS) is 13.5. The van der Waals surface area contributed by atoms with Crippen LogP contribution in [0.4, 0.5) is 0 Å². The first-order valence-electron chi connectivity index (χ1n) is 3.73. The quantitative estimate of drug-likeness (QED) is 0.699. The number of nitrogens with two attached hydrogens (primary N) is 1. The number of benzene rings is 1. The third-order valence-corrected chi connectivity index (χ3v) is 2.76. The fraction of sp³-hybridized carbons (Fsp3) is 0.125. The van der Waals surface area contributed by atoms with Gasteiger partial charge in [0.1, 0.15) is 0 Å². The van der Waals surface area contributed by atoms with E-state index in [-0.39, 0.29) is 5.56 Å². The molecule has 1 aromatic rings. The summed E-state index contributed by atoms with van der Waals surface area (Å²) in [7, 11) is -4.49. The van der Waals surface area contributed by atoms with Gasteiger partial charge in [0.05, 0.1) is 0 Å². The number of hydrogen-bond acceptors (Lipinski definition) is 3. The smallest absolute Gasteiger partial charge is 0.281 e. The fourth-order valence-electron chi connectivity index (χ4n) is 1.11. The molecule has 14 heavy (non-hydrogen) atoms. The number of hydrogen-bond donors (Lipinski definition) is 2. The third kappa shape index (κ3) is 2.30. The van der Waals surface area contributed by atoms with E-state index < -0.39 is 21.3 Å². The molecule has 5 nitrogen and oxygen atoms in total. The molecule has 0 heterocycles. The molecule has 0 spiro atoms. The number of carbonyl (C=O) groups is 1. The van der Waals surface area contributed by atoms with E-state index in [1.165, 1.54) is 12.1 Å². The maximum absolute atomic E-state index is 10.8. The van der Waals surface area contributed by atoms with Crippen molar-refractivity contribution in [1.82, 2.24) is 0 Å². The molecule has 1 atom stereocenters. The molecule has 0 aliphatic rings. The van der Waals surface area contributed by atoms with Crippen LogP contribution < -0.4 is 5.73 Å². The van der Waals surface area contributed by atoms with Gasteiger partial charge in [0.25, 0.3) is 10.1 Å². The SMILES string of the molecule is NC(=O)C(c1ccccc1)S(=O)(=O)O. The van der Waals surface area contributed by atoms with Crippen molar-refractivity contribution < 1.29 is 17.8 Å². The van der Waals surface area contributed by atoms with Crippen molar-refractivity contribution >= 4 is 16.0 Å². The molecule has 0 saturated heterocycles. The van der Waals surface area contributed by atoms with Crippen molar-refractivity contribution in [3.05, 3.63) is 35.9 Å². The van der Waals surface area contributed by atoms with Crippen LogP contribution in [0.3, 0.4) is 0 Å². The molecule has 0 saturated carbocycles. The van der Waals surface area contributed by atoms with Gasteiger partial charge in [-0.25, -0.2) is 0 Å². The summed E-state index contributed by atoms with van der Waals surface area (Å²) in [6, 6.07) is 7.57. The van der Waals surface area contributed by atoms with Gasteiger partial charge in [-0.2, -0.15) is 8.42 Å². The van der Waals surface area contributed by atoms with E-state index in [2.05, 4.69) is 0 Å². The lowest BCUT2D eigenvalue weighted by molar-refractivity contribution is -0.117. The summed E-state index contributed by atoms with van der Waals surface area (Å²) >= 11 is 0. The van der Waals surface area contributed by atoms with Crippen molar-refractivity contribution in [3.8, 4) is 0 Å². The Morgan fingerprint density at radius 3 is 2.14 bits per heavy atom. The maximum atomic E-state index is 10.8. The van der Waals surface area contributed by atoms with Gasteiger partial charge in [-0.15, -0.1) is 0 Å². The Labute approximate surface area is 81.3 Å². The Kier molecular flexibility index (Phi) is 2.87. The number of rotatable bonds is 3. The van der Waals surface area contributed by atoms with Crippen molar-refractivity contribution in [2.45, 2.75) is 5.25 Å². The molecule has 1 rings (SSSR count). The fourth-order valence-corrected chi connectivity index (χ4v) is 1.91. The molecule has 0 aromatic heterocycles. The van der Waals surface area contributed by atoms with Crippen LogP contribution in [0.1, 0.15) is 10.8 Å². The Bertz CT molecular complexity index is 426. The largest absolute Gasteiger partial charge is 0.368 e. The second-order valence-corrected chi connectivity index (χ2v) is 4.21. The summed E-state index contributed by atoms with van der Waals surface area (Å²) in [4.78, 5) is 10.8. The summed E-state index contributed by atoms with van der Waals surface area (Å²) < 4.78 is 30.4. The first-order chi connectivity index (χ1) is 6.43. The molecule has 0 bridgehead atoms.